The Morgan fingerprint density at radius 1 is 1.17 bits per heavy atom. The van der Waals surface area contributed by atoms with Crippen LogP contribution in [0.15, 0.2) is 59.8 Å². The molecule has 5 rings (SSSR count). The summed E-state index contributed by atoms with van der Waals surface area (Å²) in [7, 11) is 0. The number of aromatic amines is 1. The van der Waals surface area contributed by atoms with E-state index in [1.807, 2.05) is 6.07 Å². The van der Waals surface area contributed by atoms with Crippen molar-refractivity contribution < 1.29 is 4.74 Å². The van der Waals surface area contributed by atoms with Crippen LogP contribution in [0.4, 0.5) is 5.82 Å². The zero-order valence-corrected chi connectivity index (χ0v) is 17.3. The number of rotatable bonds is 4. The summed E-state index contributed by atoms with van der Waals surface area (Å²) in [6.45, 7) is 4.48. The standard InChI is InChI=1S/C22H23N5OS/c1-15-14-28-12-11-26(15)21-13-18(16-5-3-4-6-19(16)29-2)17-8-10-27(22(17)24-21)20-7-9-23-25-20/h3-10,13,15H,11-12,14H2,1-2H3,(H,23,25). The van der Waals surface area contributed by atoms with Crippen LogP contribution in [0.3, 0.4) is 0 Å². The summed E-state index contributed by atoms with van der Waals surface area (Å²) in [6, 6.07) is 15.2. The molecule has 3 aromatic heterocycles. The van der Waals surface area contributed by atoms with E-state index in [4.69, 9.17) is 9.72 Å². The Hall–Kier alpha value is -2.77. The van der Waals surface area contributed by atoms with E-state index < -0.39 is 0 Å². The number of ether oxygens (including phenoxy) is 1. The fourth-order valence-corrected chi connectivity index (χ4v) is 4.59. The second-order valence-electron chi connectivity index (χ2n) is 7.21. The number of aromatic nitrogens is 4. The fourth-order valence-electron chi connectivity index (χ4n) is 3.98. The molecule has 0 radical (unpaired) electrons. The zero-order chi connectivity index (χ0) is 19.8. The van der Waals surface area contributed by atoms with Gasteiger partial charge in [-0.3, -0.25) is 9.67 Å². The van der Waals surface area contributed by atoms with E-state index in [1.54, 1.807) is 18.0 Å². The van der Waals surface area contributed by atoms with Crippen LogP contribution in [0.1, 0.15) is 6.92 Å². The van der Waals surface area contributed by atoms with Crippen molar-refractivity contribution in [2.45, 2.75) is 17.9 Å². The summed E-state index contributed by atoms with van der Waals surface area (Å²) in [4.78, 5) is 8.69. The van der Waals surface area contributed by atoms with Crippen LogP contribution in [0, 0.1) is 0 Å². The monoisotopic (exact) mass is 405 g/mol. The van der Waals surface area contributed by atoms with Gasteiger partial charge in [-0.05, 0) is 42.5 Å². The highest BCUT2D eigenvalue weighted by Gasteiger charge is 2.23. The smallest absolute Gasteiger partial charge is 0.148 e. The van der Waals surface area contributed by atoms with Crippen molar-refractivity contribution >= 4 is 28.6 Å². The van der Waals surface area contributed by atoms with Crippen LogP contribution in [0.2, 0.25) is 0 Å². The predicted octanol–water partition coefficient (Wildman–Crippen LogP) is 4.36. The normalized spacial score (nSPS) is 17.2. The first-order valence-electron chi connectivity index (χ1n) is 9.76. The molecule has 1 saturated heterocycles. The lowest BCUT2D eigenvalue weighted by Gasteiger charge is -2.34. The fraction of sp³-hybridized carbons (Fsp3) is 0.273. The third-order valence-corrected chi connectivity index (χ3v) is 6.24. The Morgan fingerprint density at radius 3 is 2.86 bits per heavy atom. The van der Waals surface area contributed by atoms with E-state index >= 15 is 0 Å². The molecule has 29 heavy (non-hydrogen) atoms. The highest BCUT2D eigenvalue weighted by molar-refractivity contribution is 7.98. The van der Waals surface area contributed by atoms with Crippen LogP contribution in [-0.4, -0.2) is 51.8 Å². The van der Waals surface area contributed by atoms with Crippen LogP contribution >= 0.6 is 11.8 Å². The quantitative estimate of drug-likeness (QED) is 0.511. The topological polar surface area (TPSA) is 59.0 Å². The predicted molar refractivity (Wildman–Crippen MR) is 118 cm³/mol. The second kappa shape index (κ2) is 7.57. The van der Waals surface area contributed by atoms with E-state index in [0.29, 0.717) is 0 Å². The first-order chi connectivity index (χ1) is 14.3. The van der Waals surface area contributed by atoms with Gasteiger partial charge in [0.05, 0.1) is 25.5 Å². The average Bonchev–Trinajstić information content (AvgIpc) is 3.43. The maximum absolute atomic E-state index is 5.65. The first kappa shape index (κ1) is 18.3. The number of nitrogens with zero attached hydrogens (tertiary/aromatic N) is 4. The Kier molecular flexibility index (Phi) is 4.77. The zero-order valence-electron chi connectivity index (χ0n) is 16.5. The van der Waals surface area contributed by atoms with E-state index in [1.165, 1.54) is 16.0 Å². The van der Waals surface area contributed by atoms with Gasteiger partial charge in [0.25, 0.3) is 0 Å². The number of nitrogens with one attached hydrogen (secondary N) is 1. The van der Waals surface area contributed by atoms with Crippen molar-refractivity contribution in [1.82, 2.24) is 19.7 Å². The molecule has 0 saturated carbocycles. The third-order valence-electron chi connectivity index (χ3n) is 5.45. The minimum Gasteiger partial charge on any atom is -0.377 e. The molecule has 1 aromatic carbocycles. The van der Waals surface area contributed by atoms with Crippen molar-refractivity contribution in [3.05, 3.63) is 54.9 Å². The largest absolute Gasteiger partial charge is 0.377 e. The molecule has 148 valence electrons. The molecular weight excluding hydrogens is 382 g/mol. The van der Waals surface area contributed by atoms with Gasteiger partial charge in [-0.2, -0.15) is 5.10 Å². The van der Waals surface area contributed by atoms with Gasteiger partial charge in [-0.25, -0.2) is 4.98 Å². The molecule has 4 aromatic rings. The maximum Gasteiger partial charge on any atom is 0.148 e. The SMILES string of the molecule is CSc1ccccc1-c1cc(N2CCOCC2C)nc2c1ccn2-c1ccn[nH]1. The highest BCUT2D eigenvalue weighted by atomic mass is 32.2. The molecule has 1 unspecified atom stereocenters. The molecule has 7 heteroatoms. The summed E-state index contributed by atoms with van der Waals surface area (Å²) in [6.07, 6.45) is 5.94. The number of hydrogen-bond donors (Lipinski definition) is 1. The lowest BCUT2D eigenvalue weighted by Crippen LogP contribution is -2.44. The molecule has 1 aliphatic heterocycles. The van der Waals surface area contributed by atoms with Crippen LogP contribution in [-0.2, 0) is 4.74 Å². The molecule has 1 aliphatic rings. The number of thioether (sulfide) groups is 1. The highest BCUT2D eigenvalue weighted by Crippen LogP contribution is 2.38. The Bertz CT molecular complexity index is 1140. The molecule has 1 atom stereocenters. The van der Waals surface area contributed by atoms with Gasteiger partial charge in [-0.15, -0.1) is 11.8 Å². The van der Waals surface area contributed by atoms with Crippen molar-refractivity contribution in [3.8, 4) is 16.9 Å². The molecule has 0 aliphatic carbocycles. The molecule has 1 fully saturated rings. The Balaban J connectivity index is 1.77. The van der Waals surface area contributed by atoms with Crippen LogP contribution < -0.4 is 4.90 Å². The maximum atomic E-state index is 5.65. The van der Waals surface area contributed by atoms with Gasteiger partial charge in [0, 0.05) is 29.1 Å². The number of hydrogen-bond acceptors (Lipinski definition) is 5. The Morgan fingerprint density at radius 2 is 2.07 bits per heavy atom. The van der Waals surface area contributed by atoms with Crippen molar-refractivity contribution in [3.63, 3.8) is 0 Å². The van der Waals surface area contributed by atoms with Crippen LogP contribution in [0.25, 0.3) is 28.0 Å². The Labute approximate surface area is 173 Å². The van der Waals surface area contributed by atoms with Gasteiger partial charge >= 0.3 is 0 Å². The first-order valence-corrected chi connectivity index (χ1v) is 11.0. The summed E-state index contributed by atoms with van der Waals surface area (Å²) in [5.41, 5.74) is 3.36. The lowest BCUT2D eigenvalue weighted by atomic mass is 10.0. The lowest BCUT2D eigenvalue weighted by molar-refractivity contribution is 0.0986. The van der Waals surface area contributed by atoms with E-state index in [9.17, 15) is 0 Å². The van der Waals surface area contributed by atoms with E-state index in [0.717, 1.165) is 42.4 Å². The van der Waals surface area contributed by atoms with E-state index in [2.05, 4.69) is 75.4 Å². The van der Waals surface area contributed by atoms with Gasteiger partial charge in [-0.1, -0.05) is 18.2 Å². The van der Waals surface area contributed by atoms with Gasteiger partial charge in [0.2, 0.25) is 0 Å². The minimum absolute atomic E-state index is 0.285. The summed E-state index contributed by atoms with van der Waals surface area (Å²) < 4.78 is 7.72. The van der Waals surface area contributed by atoms with Crippen molar-refractivity contribution in [2.75, 3.05) is 30.9 Å². The molecule has 6 nitrogen and oxygen atoms in total. The molecular formula is C22H23N5OS. The molecule has 0 spiro atoms. The third kappa shape index (κ3) is 3.20. The van der Waals surface area contributed by atoms with Crippen molar-refractivity contribution in [1.29, 1.82) is 0 Å². The number of morpholine rings is 1. The number of benzene rings is 1. The van der Waals surface area contributed by atoms with Gasteiger partial charge < -0.3 is 9.64 Å². The molecule has 0 amide bonds. The molecule has 0 bridgehead atoms. The van der Waals surface area contributed by atoms with Gasteiger partial charge in [0.15, 0.2) is 0 Å². The number of pyridine rings is 1. The summed E-state index contributed by atoms with van der Waals surface area (Å²) >= 11 is 1.77. The summed E-state index contributed by atoms with van der Waals surface area (Å²) in [5.74, 6) is 1.89. The number of H-pyrrole nitrogens is 1. The van der Waals surface area contributed by atoms with Crippen molar-refractivity contribution in [2.24, 2.45) is 0 Å². The number of fused-ring (bicyclic) bond motifs is 1. The average molecular weight is 406 g/mol. The molecule has 1 N–H and O–H groups in total. The number of anilines is 1. The molecule has 4 heterocycles. The van der Waals surface area contributed by atoms with E-state index in [-0.39, 0.29) is 6.04 Å². The minimum atomic E-state index is 0.285. The summed E-state index contributed by atoms with van der Waals surface area (Å²) in [5, 5.41) is 8.30. The van der Waals surface area contributed by atoms with Crippen LogP contribution in [0.5, 0.6) is 0 Å². The van der Waals surface area contributed by atoms with Gasteiger partial charge in [0.1, 0.15) is 17.3 Å². The second-order valence-corrected chi connectivity index (χ2v) is 8.06.